The highest BCUT2D eigenvalue weighted by Gasteiger charge is 2.01. The third-order valence-electron chi connectivity index (χ3n) is 2.05. The highest BCUT2D eigenvalue weighted by atomic mass is 32.1. The van der Waals surface area contributed by atoms with Gasteiger partial charge in [-0.25, -0.2) is 0 Å². The molecule has 0 atom stereocenters. The van der Waals surface area contributed by atoms with Crippen molar-refractivity contribution in [3.8, 4) is 0 Å². The van der Waals surface area contributed by atoms with Crippen molar-refractivity contribution in [3.63, 3.8) is 0 Å². The van der Waals surface area contributed by atoms with Gasteiger partial charge in [0.05, 0.1) is 0 Å². The van der Waals surface area contributed by atoms with Gasteiger partial charge in [0, 0.05) is 33.0 Å². The van der Waals surface area contributed by atoms with Crippen molar-refractivity contribution in [2.24, 2.45) is 0 Å². The maximum Gasteiger partial charge on any atom is 0.168 e. The molecule has 1 heterocycles. The predicted octanol–water partition coefficient (Wildman–Crippen LogP) is 1.06. The first kappa shape index (κ1) is 10.9. The molecule has 0 bridgehead atoms. The monoisotopic (exact) mass is 209 g/mol. The molecule has 1 rings (SSSR count). The second-order valence-electron chi connectivity index (χ2n) is 3.08. The summed E-state index contributed by atoms with van der Waals surface area (Å²) in [4.78, 5) is 6.00. The second kappa shape index (κ2) is 5.54. The molecule has 0 spiro atoms. The number of nitrogens with one attached hydrogen (secondary N) is 1. The first-order valence-electron chi connectivity index (χ1n) is 4.56. The third-order valence-corrected chi connectivity index (χ3v) is 2.56. The van der Waals surface area contributed by atoms with Gasteiger partial charge in [-0.1, -0.05) is 0 Å². The van der Waals surface area contributed by atoms with Crippen LogP contribution in [-0.2, 0) is 6.42 Å². The molecule has 1 aromatic rings. The number of likely N-dealkylation sites (N-methyl/N-ethyl adjacent to an activating group) is 1. The molecular formula is C10H15N3S. The number of hydrogen-bond acceptors (Lipinski definition) is 2. The molecule has 4 heteroatoms. The molecule has 0 aliphatic carbocycles. The SMILES string of the molecule is CNC(=S)N(C)CCc1ccncc1. The summed E-state index contributed by atoms with van der Waals surface area (Å²) < 4.78 is 0. The molecule has 3 nitrogen and oxygen atoms in total. The first-order chi connectivity index (χ1) is 6.74. The molecule has 0 fully saturated rings. The van der Waals surface area contributed by atoms with Gasteiger partial charge >= 0.3 is 0 Å². The Morgan fingerprint density at radius 2 is 2.14 bits per heavy atom. The smallest absolute Gasteiger partial charge is 0.168 e. The lowest BCUT2D eigenvalue weighted by Crippen LogP contribution is -2.35. The predicted molar refractivity (Wildman–Crippen MR) is 62.2 cm³/mol. The number of aromatic nitrogens is 1. The third kappa shape index (κ3) is 3.30. The van der Waals surface area contributed by atoms with E-state index in [2.05, 4.69) is 10.3 Å². The van der Waals surface area contributed by atoms with E-state index in [1.54, 1.807) is 0 Å². The van der Waals surface area contributed by atoms with Gasteiger partial charge in [0.1, 0.15) is 0 Å². The minimum absolute atomic E-state index is 0.777. The van der Waals surface area contributed by atoms with E-state index in [4.69, 9.17) is 12.2 Å². The fourth-order valence-corrected chi connectivity index (χ4v) is 1.23. The Morgan fingerprint density at radius 1 is 1.50 bits per heavy atom. The zero-order valence-corrected chi connectivity index (χ0v) is 9.34. The van der Waals surface area contributed by atoms with Crippen LogP contribution in [0.3, 0.4) is 0 Å². The van der Waals surface area contributed by atoms with E-state index in [9.17, 15) is 0 Å². The molecular weight excluding hydrogens is 194 g/mol. The van der Waals surface area contributed by atoms with Crippen molar-refractivity contribution >= 4 is 17.3 Å². The van der Waals surface area contributed by atoms with Gasteiger partial charge in [-0.15, -0.1) is 0 Å². The largest absolute Gasteiger partial charge is 0.366 e. The van der Waals surface area contributed by atoms with Crippen LogP contribution in [0, 0.1) is 0 Å². The lowest BCUT2D eigenvalue weighted by Gasteiger charge is -2.19. The highest BCUT2D eigenvalue weighted by Crippen LogP contribution is 1.98. The van der Waals surface area contributed by atoms with Gasteiger partial charge < -0.3 is 10.2 Å². The van der Waals surface area contributed by atoms with Crippen LogP contribution in [-0.4, -0.2) is 35.6 Å². The maximum absolute atomic E-state index is 5.10. The summed E-state index contributed by atoms with van der Waals surface area (Å²) >= 11 is 5.10. The van der Waals surface area contributed by atoms with E-state index in [0.717, 1.165) is 18.1 Å². The fraction of sp³-hybridized carbons (Fsp3) is 0.400. The summed E-state index contributed by atoms with van der Waals surface area (Å²) in [6.45, 7) is 0.920. The van der Waals surface area contributed by atoms with Crippen molar-refractivity contribution in [3.05, 3.63) is 30.1 Å². The molecule has 76 valence electrons. The van der Waals surface area contributed by atoms with Crippen molar-refractivity contribution < 1.29 is 0 Å². The average molecular weight is 209 g/mol. The van der Waals surface area contributed by atoms with E-state index in [1.807, 2.05) is 43.5 Å². The van der Waals surface area contributed by atoms with Crippen LogP contribution < -0.4 is 5.32 Å². The zero-order valence-electron chi connectivity index (χ0n) is 8.53. The maximum atomic E-state index is 5.10. The van der Waals surface area contributed by atoms with Gasteiger partial charge in [0.15, 0.2) is 5.11 Å². The molecule has 0 saturated heterocycles. The van der Waals surface area contributed by atoms with Crippen LogP contribution in [0.1, 0.15) is 5.56 Å². The minimum Gasteiger partial charge on any atom is -0.366 e. The van der Waals surface area contributed by atoms with E-state index in [1.165, 1.54) is 5.56 Å². The molecule has 1 aromatic heterocycles. The van der Waals surface area contributed by atoms with Gasteiger partial charge in [0.2, 0.25) is 0 Å². The second-order valence-corrected chi connectivity index (χ2v) is 3.47. The van der Waals surface area contributed by atoms with E-state index < -0.39 is 0 Å². The van der Waals surface area contributed by atoms with Crippen LogP contribution in [0.15, 0.2) is 24.5 Å². The Labute approximate surface area is 90.1 Å². The van der Waals surface area contributed by atoms with Crippen LogP contribution in [0.4, 0.5) is 0 Å². The average Bonchev–Trinajstić information content (AvgIpc) is 2.26. The lowest BCUT2D eigenvalue weighted by molar-refractivity contribution is 0.502. The van der Waals surface area contributed by atoms with Crippen LogP contribution >= 0.6 is 12.2 Å². The van der Waals surface area contributed by atoms with Crippen LogP contribution in [0.25, 0.3) is 0 Å². The van der Waals surface area contributed by atoms with Crippen molar-refractivity contribution in [2.75, 3.05) is 20.6 Å². The van der Waals surface area contributed by atoms with Gasteiger partial charge in [-0.3, -0.25) is 4.98 Å². The van der Waals surface area contributed by atoms with Gasteiger partial charge in [-0.05, 0) is 36.3 Å². The molecule has 0 aliphatic rings. The standard InChI is InChI=1S/C10H15N3S/c1-11-10(14)13(2)8-5-9-3-6-12-7-4-9/h3-4,6-7H,5,8H2,1-2H3,(H,11,14). The summed E-state index contributed by atoms with van der Waals surface area (Å²) in [5.74, 6) is 0. The Bertz CT molecular complexity index is 287. The van der Waals surface area contributed by atoms with Crippen molar-refractivity contribution in [1.82, 2.24) is 15.2 Å². The van der Waals surface area contributed by atoms with Crippen molar-refractivity contribution in [2.45, 2.75) is 6.42 Å². The topological polar surface area (TPSA) is 28.2 Å². The van der Waals surface area contributed by atoms with Crippen LogP contribution in [0.5, 0.6) is 0 Å². The lowest BCUT2D eigenvalue weighted by atomic mass is 10.2. The van der Waals surface area contributed by atoms with Gasteiger partial charge in [-0.2, -0.15) is 0 Å². The van der Waals surface area contributed by atoms with E-state index in [-0.39, 0.29) is 0 Å². The molecule has 0 unspecified atom stereocenters. The Kier molecular flexibility index (Phi) is 4.32. The first-order valence-corrected chi connectivity index (χ1v) is 4.96. The Hall–Kier alpha value is -1.16. The molecule has 0 amide bonds. The molecule has 0 saturated carbocycles. The van der Waals surface area contributed by atoms with Gasteiger partial charge in [0.25, 0.3) is 0 Å². The van der Waals surface area contributed by atoms with Crippen molar-refractivity contribution in [1.29, 1.82) is 0 Å². The zero-order chi connectivity index (χ0) is 10.4. The summed E-state index contributed by atoms with van der Waals surface area (Å²) in [7, 11) is 3.82. The molecule has 0 aromatic carbocycles. The Morgan fingerprint density at radius 3 is 2.71 bits per heavy atom. The Balaban J connectivity index is 2.38. The summed E-state index contributed by atoms with van der Waals surface area (Å²) in [5.41, 5.74) is 1.28. The normalized spacial score (nSPS) is 9.57. The number of nitrogens with zero attached hydrogens (tertiary/aromatic N) is 2. The number of thiocarbonyl (C=S) groups is 1. The minimum atomic E-state index is 0.777. The number of pyridine rings is 1. The molecule has 0 aliphatic heterocycles. The molecule has 14 heavy (non-hydrogen) atoms. The highest BCUT2D eigenvalue weighted by molar-refractivity contribution is 7.80. The summed E-state index contributed by atoms with van der Waals surface area (Å²) in [5, 5.41) is 3.72. The quantitative estimate of drug-likeness (QED) is 0.754. The molecule has 0 radical (unpaired) electrons. The van der Waals surface area contributed by atoms with E-state index in [0.29, 0.717) is 0 Å². The summed E-state index contributed by atoms with van der Waals surface area (Å²) in [6.07, 6.45) is 4.61. The fourth-order valence-electron chi connectivity index (χ4n) is 1.14. The van der Waals surface area contributed by atoms with Crippen LogP contribution in [0.2, 0.25) is 0 Å². The number of rotatable bonds is 3. The number of hydrogen-bond donors (Lipinski definition) is 1. The molecule has 1 N–H and O–H groups in total. The summed E-state index contributed by atoms with van der Waals surface area (Å²) in [6, 6.07) is 4.05. The van der Waals surface area contributed by atoms with E-state index >= 15 is 0 Å².